The molecule has 7 heteroatoms. The topological polar surface area (TPSA) is 72.6 Å². The van der Waals surface area contributed by atoms with Gasteiger partial charge in [0.25, 0.3) is 0 Å². The third kappa shape index (κ3) is 3.28. The van der Waals surface area contributed by atoms with Crippen LogP contribution in [0.25, 0.3) is 0 Å². The fraction of sp³-hybridized carbons (Fsp3) is 0.538. The number of likely N-dealkylation sites (N-methyl/N-ethyl adjacent to an activating group) is 1. The highest BCUT2D eigenvalue weighted by Crippen LogP contribution is 2.24. The number of hydrogen-bond donors (Lipinski definition) is 1. The Labute approximate surface area is 119 Å². The Morgan fingerprint density at radius 1 is 1.45 bits per heavy atom. The van der Waals surface area contributed by atoms with E-state index in [1.54, 1.807) is 13.8 Å². The van der Waals surface area contributed by atoms with Gasteiger partial charge in [0, 0.05) is 19.7 Å². The Morgan fingerprint density at radius 2 is 2.05 bits per heavy atom. The molecule has 0 radical (unpaired) electrons. The predicted octanol–water partition coefficient (Wildman–Crippen LogP) is 1.76. The number of methoxy groups -OCH3 is 1. The van der Waals surface area contributed by atoms with Crippen molar-refractivity contribution in [2.24, 2.45) is 0 Å². The van der Waals surface area contributed by atoms with E-state index < -0.39 is 15.8 Å². The first-order chi connectivity index (χ1) is 9.25. The Morgan fingerprint density at radius 3 is 2.50 bits per heavy atom. The zero-order valence-corrected chi connectivity index (χ0v) is 13.0. The molecule has 5 nitrogen and oxygen atoms in total. The second-order valence-electron chi connectivity index (χ2n) is 4.66. The molecule has 114 valence electrons. The summed E-state index contributed by atoms with van der Waals surface area (Å²) >= 11 is 0. The van der Waals surface area contributed by atoms with Crippen molar-refractivity contribution >= 4 is 15.7 Å². The fourth-order valence-corrected chi connectivity index (χ4v) is 3.84. The minimum Gasteiger partial charge on any atom is -0.396 e. The molecule has 0 aliphatic heterocycles. The lowest BCUT2D eigenvalue weighted by molar-refractivity contribution is 0.142. The van der Waals surface area contributed by atoms with Gasteiger partial charge in [-0.3, -0.25) is 0 Å². The summed E-state index contributed by atoms with van der Waals surface area (Å²) in [7, 11) is -2.22. The van der Waals surface area contributed by atoms with Gasteiger partial charge in [-0.15, -0.1) is 0 Å². The predicted molar refractivity (Wildman–Crippen MR) is 76.5 cm³/mol. The first-order valence-electron chi connectivity index (χ1n) is 6.32. The summed E-state index contributed by atoms with van der Waals surface area (Å²) in [4.78, 5) is -0.00120. The van der Waals surface area contributed by atoms with Gasteiger partial charge in [-0.2, -0.15) is 4.31 Å². The van der Waals surface area contributed by atoms with Gasteiger partial charge in [0.15, 0.2) is 0 Å². The molecule has 0 aliphatic rings. The van der Waals surface area contributed by atoms with Crippen LogP contribution in [0.5, 0.6) is 0 Å². The number of nitrogens with zero attached hydrogens (tertiary/aromatic N) is 1. The molecule has 1 aromatic rings. The van der Waals surface area contributed by atoms with E-state index in [1.807, 2.05) is 0 Å². The zero-order chi connectivity index (χ0) is 15.5. The molecule has 0 spiro atoms. The van der Waals surface area contributed by atoms with E-state index in [0.29, 0.717) is 6.54 Å². The average Bonchev–Trinajstić information content (AvgIpc) is 2.36. The second kappa shape index (κ2) is 6.51. The molecule has 0 saturated heterocycles. The lowest BCUT2D eigenvalue weighted by Crippen LogP contribution is -2.40. The lowest BCUT2D eigenvalue weighted by atomic mass is 10.2. The fourth-order valence-electron chi connectivity index (χ4n) is 2.09. The molecule has 0 heterocycles. The molecule has 0 saturated carbocycles. The summed E-state index contributed by atoms with van der Waals surface area (Å²) in [6.45, 7) is 5.55. The molecule has 0 bridgehead atoms. The molecule has 20 heavy (non-hydrogen) atoms. The first kappa shape index (κ1) is 16.9. The van der Waals surface area contributed by atoms with Gasteiger partial charge < -0.3 is 10.5 Å². The maximum Gasteiger partial charge on any atom is 0.243 e. The Bertz CT molecular complexity index is 552. The number of nitrogens with two attached hydrogens (primary N) is 1. The van der Waals surface area contributed by atoms with Crippen LogP contribution in [0.15, 0.2) is 17.0 Å². The molecule has 0 aromatic heterocycles. The van der Waals surface area contributed by atoms with Crippen LogP contribution >= 0.6 is 0 Å². The summed E-state index contributed by atoms with van der Waals surface area (Å²) in [5.41, 5.74) is 5.55. The first-order valence-corrected chi connectivity index (χ1v) is 7.76. The molecule has 1 atom stereocenters. The highest BCUT2D eigenvalue weighted by molar-refractivity contribution is 7.89. The molecule has 0 amide bonds. The van der Waals surface area contributed by atoms with E-state index in [4.69, 9.17) is 10.5 Å². The third-order valence-electron chi connectivity index (χ3n) is 3.07. The maximum absolute atomic E-state index is 13.5. The van der Waals surface area contributed by atoms with E-state index in [9.17, 15) is 12.8 Å². The van der Waals surface area contributed by atoms with Crippen LogP contribution in [0, 0.1) is 12.7 Å². The highest BCUT2D eigenvalue weighted by Gasteiger charge is 2.28. The van der Waals surface area contributed by atoms with Crippen LogP contribution in [0.1, 0.15) is 19.4 Å². The van der Waals surface area contributed by atoms with Crippen LogP contribution in [0.4, 0.5) is 10.1 Å². The van der Waals surface area contributed by atoms with Crippen molar-refractivity contribution in [2.75, 3.05) is 26.0 Å². The molecule has 1 rings (SSSR count). The molecule has 1 aromatic carbocycles. The van der Waals surface area contributed by atoms with Gasteiger partial charge in [-0.25, -0.2) is 12.8 Å². The van der Waals surface area contributed by atoms with E-state index >= 15 is 0 Å². The highest BCUT2D eigenvalue weighted by atomic mass is 32.2. The Kier molecular flexibility index (Phi) is 5.50. The third-order valence-corrected chi connectivity index (χ3v) is 5.14. The van der Waals surface area contributed by atoms with Gasteiger partial charge in [0.05, 0.1) is 17.2 Å². The molecule has 0 fully saturated rings. The van der Waals surface area contributed by atoms with E-state index in [-0.39, 0.29) is 28.8 Å². The number of ether oxygens (including phenoxy) is 1. The normalized spacial score (nSPS) is 13.7. The summed E-state index contributed by atoms with van der Waals surface area (Å²) < 4.78 is 45.0. The SMILES string of the molecule is CCN(C(C)COC)S(=O)(=O)c1cc(C)c(F)c(N)c1. The number of sulfonamides is 1. The van der Waals surface area contributed by atoms with Crippen molar-refractivity contribution < 1.29 is 17.5 Å². The van der Waals surface area contributed by atoms with Crippen LogP contribution in [-0.4, -0.2) is 39.0 Å². The number of anilines is 1. The van der Waals surface area contributed by atoms with Crippen LogP contribution < -0.4 is 5.73 Å². The number of aryl methyl sites for hydroxylation is 1. The number of hydrogen-bond acceptors (Lipinski definition) is 4. The van der Waals surface area contributed by atoms with Crippen LogP contribution in [0.3, 0.4) is 0 Å². The lowest BCUT2D eigenvalue weighted by Gasteiger charge is -2.27. The molecule has 0 aliphatic carbocycles. The van der Waals surface area contributed by atoms with E-state index in [0.717, 1.165) is 6.07 Å². The minimum atomic E-state index is -3.73. The summed E-state index contributed by atoms with van der Waals surface area (Å²) in [5.74, 6) is -0.586. The van der Waals surface area contributed by atoms with Gasteiger partial charge >= 0.3 is 0 Å². The molecule has 2 N–H and O–H groups in total. The van der Waals surface area contributed by atoms with Crippen molar-refractivity contribution in [2.45, 2.75) is 31.7 Å². The van der Waals surface area contributed by atoms with Crippen molar-refractivity contribution in [3.63, 3.8) is 0 Å². The summed E-state index contributed by atoms with van der Waals surface area (Å²) in [5, 5.41) is 0. The molecular formula is C13H21FN2O3S. The van der Waals surface area contributed by atoms with Gasteiger partial charge in [-0.05, 0) is 31.5 Å². The van der Waals surface area contributed by atoms with Crippen LogP contribution in [0.2, 0.25) is 0 Å². The number of benzene rings is 1. The number of nitrogen functional groups attached to an aromatic ring is 1. The minimum absolute atomic E-state index is 0.00120. The number of rotatable bonds is 6. The smallest absolute Gasteiger partial charge is 0.243 e. The van der Waals surface area contributed by atoms with Crippen molar-refractivity contribution in [1.82, 2.24) is 4.31 Å². The van der Waals surface area contributed by atoms with Gasteiger partial charge in [0.2, 0.25) is 10.0 Å². The quantitative estimate of drug-likeness (QED) is 0.813. The number of halogens is 1. The summed E-state index contributed by atoms with van der Waals surface area (Å²) in [6, 6.07) is 2.13. The van der Waals surface area contributed by atoms with Crippen LogP contribution in [-0.2, 0) is 14.8 Å². The maximum atomic E-state index is 13.5. The average molecular weight is 304 g/mol. The monoisotopic (exact) mass is 304 g/mol. The van der Waals surface area contributed by atoms with E-state index in [1.165, 1.54) is 24.4 Å². The Balaban J connectivity index is 3.27. The molecular weight excluding hydrogens is 283 g/mol. The molecule has 1 unspecified atom stereocenters. The Hall–Kier alpha value is -1.18. The van der Waals surface area contributed by atoms with Gasteiger partial charge in [0.1, 0.15) is 5.82 Å². The van der Waals surface area contributed by atoms with Crippen molar-refractivity contribution in [3.8, 4) is 0 Å². The van der Waals surface area contributed by atoms with Crippen molar-refractivity contribution in [3.05, 3.63) is 23.5 Å². The van der Waals surface area contributed by atoms with E-state index in [2.05, 4.69) is 0 Å². The summed E-state index contributed by atoms with van der Waals surface area (Å²) in [6.07, 6.45) is 0. The zero-order valence-electron chi connectivity index (χ0n) is 12.2. The van der Waals surface area contributed by atoms with Gasteiger partial charge in [-0.1, -0.05) is 6.92 Å². The standard InChI is InChI=1S/C13H21FN2O3S/c1-5-16(10(3)8-19-4)20(17,18)11-6-9(2)13(14)12(15)7-11/h6-7,10H,5,8,15H2,1-4H3. The second-order valence-corrected chi connectivity index (χ2v) is 6.55. The van der Waals surface area contributed by atoms with Crippen molar-refractivity contribution in [1.29, 1.82) is 0 Å². The largest absolute Gasteiger partial charge is 0.396 e.